The number of nitrogens with two attached hydrogens (primary N) is 2. The largest absolute Gasteiger partial charge is 0.449 e. The van der Waals surface area contributed by atoms with Gasteiger partial charge in [0.15, 0.2) is 5.72 Å². The molecule has 24 heavy (non-hydrogen) atoms. The summed E-state index contributed by atoms with van der Waals surface area (Å²) in [7, 11) is 1.49. The quantitative estimate of drug-likeness (QED) is 0.555. The summed E-state index contributed by atoms with van der Waals surface area (Å²) in [6.45, 7) is 3.54. The van der Waals surface area contributed by atoms with Crippen LogP contribution >= 0.6 is 0 Å². The fourth-order valence-corrected chi connectivity index (χ4v) is 3.92. The van der Waals surface area contributed by atoms with Gasteiger partial charge in [0.2, 0.25) is 11.6 Å². The smallest absolute Gasteiger partial charge is 0.404 e. The predicted molar refractivity (Wildman–Crippen MR) is 82.0 cm³/mol. The highest BCUT2D eigenvalue weighted by Crippen LogP contribution is 2.50. The molecule has 0 aromatic rings. The zero-order chi connectivity index (χ0) is 17.8. The Morgan fingerprint density at radius 1 is 1.42 bits per heavy atom. The van der Waals surface area contributed by atoms with Crippen molar-refractivity contribution < 1.29 is 23.9 Å². The van der Waals surface area contributed by atoms with Gasteiger partial charge in [-0.05, 0) is 13.8 Å². The topological polar surface area (TPSA) is 137 Å². The van der Waals surface area contributed by atoms with Crippen LogP contribution in [-0.4, -0.2) is 54.7 Å². The average Bonchev–Trinajstić information content (AvgIpc) is 3.02. The van der Waals surface area contributed by atoms with Crippen LogP contribution in [0.2, 0.25) is 0 Å². The zero-order valence-electron chi connectivity index (χ0n) is 13.7. The summed E-state index contributed by atoms with van der Waals surface area (Å²) in [5, 5.41) is 3.21. The fourth-order valence-electron chi connectivity index (χ4n) is 3.92. The maximum Gasteiger partial charge on any atom is 0.404 e. The van der Waals surface area contributed by atoms with Crippen molar-refractivity contribution in [1.82, 2.24) is 10.2 Å². The van der Waals surface area contributed by atoms with Gasteiger partial charge < -0.3 is 25.8 Å². The molecule has 0 bridgehead atoms. The van der Waals surface area contributed by atoms with Crippen molar-refractivity contribution in [2.24, 2.45) is 17.4 Å². The predicted octanol–water partition coefficient (Wildman–Crippen LogP) is -1.06. The molecule has 0 aromatic carbocycles. The molecule has 5 N–H and O–H groups in total. The Labute approximate surface area is 138 Å². The minimum Gasteiger partial charge on any atom is -0.449 e. The Balaban J connectivity index is 2.15. The summed E-state index contributed by atoms with van der Waals surface area (Å²) in [5.74, 6) is -1.43. The van der Waals surface area contributed by atoms with Crippen LogP contribution in [0.4, 0.5) is 4.79 Å². The Morgan fingerprint density at radius 2 is 2.08 bits per heavy atom. The number of hydrogen-bond acceptors (Lipinski definition) is 8. The van der Waals surface area contributed by atoms with Gasteiger partial charge in [-0.15, -0.1) is 0 Å². The monoisotopic (exact) mass is 336 g/mol. The van der Waals surface area contributed by atoms with Gasteiger partial charge in [0.25, 0.3) is 0 Å². The summed E-state index contributed by atoms with van der Waals surface area (Å²) in [4.78, 5) is 38.3. The lowest BCUT2D eigenvalue weighted by molar-refractivity contribution is -0.137. The van der Waals surface area contributed by atoms with Crippen molar-refractivity contribution in [3.8, 4) is 0 Å². The van der Waals surface area contributed by atoms with E-state index >= 15 is 0 Å². The number of rotatable bonds is 3. The van der Waals surface area contributed by atoms with Crippen LogP contribution < -0.4 is 16.8 Å². The van der Waals surface area contributed by atoms with E-state index in [1.165, 1.54) is 14.0 Å². The van der Waals surface area contributed by atoms with Crippen molar-refractivity contribution >= 4 is 17.7 Å². The van der Waals surface area contributed by atoms with E-state index in [0.717, 1.165) is 0 Å². The molecule has 2 aliphatic heterocycles. The third-order valence-electron chi connectivity index (χ3n) is 5.14. The van der Waals surface area contributed by atoms with E-state index in [4.69, 9.17) is 20.9 Å². The number of carbonyl (C=O) groups excluding carboxylic acids is 3. The Kier molecular flexibility index (Phi) is 3.65. The van der Waals surface area contributed by atoms with E-state index in [1.807, 2.05) is 6.92 Å². The van der Waals surface area contributed by atoms with Gasteiger partial charge in [0.1, 0.15) is 6.61 Å². The highest BCUT2D eigenvalue weighted by molar-refractivity contribution is 6.25. The molecule has 1 aliphatic carbocycles. The van der Waals surface area contributed by atoms with Crippen LogP contribution in [0.15, 0.2) is 22.5 Å². The first-order valence-electron chi connectivity index (χ1n) is 7.55. The average molecular weight is 336 g/mol. The molecular formula is C15H20N4O5. The molecule has 3 aliphatic rings. The van der Waals surface area contributed by atoms with Crippen molar-refractivity contribution in [2.75, 3.05) is 20.4 Å². The van der Waals surface area contributed by atoms with Crippen LogP contribution in [0.1, 0.15) is 13.8 Å². The van der Waals surface area contributed by atoms with Gasteiger partial charge >= 0.3 is 6.09 Å². The number of hydrogen-bond donors (Lipinski definition) is 3. The second kappa shape index (κ2) is 5.32. The molecule has 130 valence electrons. The first-order valence-corrected chi connectivity index (χ1v) is 7.55. The molecule has 2 heterocycles. The summed E-state index contributed by atoms with van der Waals surface area (Å²) in [5.41, 5.74) is 10.5. The fraction of sp³-hybridized carbons (Fsp3) is 0.533. The molecule has 0 spiro atoms. The lowest BCUT2D eigenvalue weighted by atomic mass is 9.82. The molecule has 3 atom stereocenters. The molecule has 1 saturated heterocycles. The van der Waals surface area contributed by atoms with E-state index in [9.17, 15) is 14.4 Å². The number of ether oxygens (including phenoxy) is 2. The molecule has 0 saturated carbocycles. The molecule has 1 amide bonds. The van der Waals surface area contributed by atoms with Crippen LogP contribution in [0.5, 0.6) is 0 Å². The lowest BCUT2D eigenvalue weighted by Crippen LogP contribution is -2.55. The van der Waals surface area contributed by atoms with E-state index in [1.54, 1.807) is 4.90 Å². The van der Waals surface area contributed by atoms with Gasteiger partial charge in [-0.25, -0.2) is 4.79 Å². The van der Waals surface area contributed by atoms with E-state index in [0.29, 0.717) is 6.67 Å². The first-order chi connectivity index (χ1) is 11.3. The van der Waals surface area contributed by atoms with E-state index in [2.05, 4.69) is 5.32 Å². The second-order valence-corrected chi connectivity index (χ2v) is 6.11. The molecule has 0 radical (unpaired) electrons. The third-order valence-corrected chi connectivity index (χ3v) is 5.14. The summed E-state index contributed by atoms with van der Waals surface area (Å²) in [6.07, 6.45) is -0.963. The van der Waals surface area contributed by atoms with Gasteiger partial charge in [0.05, 0.1) is 30.0 Å². The van der Waals surface area contributed by atoms with Crippen molar-refractivity contribution in [1.29, 1.82) is 0 Å². The van der Waals surface area contributed by atoms with Gasteiger partial charge in [0, 0.05) is 18.3 Å². The highest BCUT2D eigenvalue weighted by atomic mass is 16.6. The standard InChI is InChI=1S/C15H20N4O5/c1-6-10(16)13(21)9-8(4-24-14(17)22)15(23-3)7(2)18-5-19(15)11(9)12(6)20/h7-8,18H,4-5,16H2,1-3H3,(H2,17,22)/t7-,8?,15-/m0/s1. The highest BCUT2D eigenvalue weighted by Gasteiger charge is 2.63. The normalized spacial score (nSPS) is 32.4. The number of nitrogens with zero attached hydrogens (tertiary/aromatic N) is 1. The molecule has 9 heteroatoms. The summed E-state index contributed by atoms with van der Waals surface area (Å²) in [6, 6.07) is -0.225. The lowest BCUT2D eigenvalue weighted by Gasteiger charge is -2.39. The third kappa shape index (κ3) is 1.85. The molecule has 1 unspecified atom stereocenters. The minimum atomic E-state index is -1.03. The summed E-state index contributed by atoms with van der Waals surface area (Å²) >= 11 is 0. The van der Waals surface area contributed by atoms with E-state index in [-0.39, 0.29) is 41.0 Å². The number of methoxy groups -OCH3 is 1. The number of fused-ring (bicyclic) bond motifs is 2. The SMILES string of the molecule is CO[C@@]12C(COC(N)=O)C3=C(C(=O)C(C)=C(N)C3=O)N1CN[C@H]2C. The summed E-state index contributed by atoms with van der Waals surface area (Å²) < 4.78 is 10.7. The van der Waals surface area contributed by atoms with Crippen LogP contribution in [0.3, 0.4) is 0 Å². The first kappa shape index (κ1) is 16.5. The maximum atomic E-state index is 12.7. The Bertz CT molecular complexity index is 713. The molecule has 1 fully saturated rings. The van der Waals surface area contributed by atoms with Gasteiger partial charge in [-0.1, -0.05) is 0 Å². The van der Waals surface area contributed by atoms with Gasteiger partial charge in [-0.2, -0.15) is 0 Å². The molecule has 9 nitrogen and oxygen atoms in total. The zero-order valence-corrected chi connectivity index (χ0v) is 13.7. The maximum absolute atomic E-state index is 12.7. The number of amides is 1. The van der Waals surface area contributed by atoms with E-state index < -0.39 is 23.5 Å². The van der Waals surface area contributed by atoms with Crippen LogP contribution in [0, 0.1) is 5.92 Å². The van der Waals surface area contributed by atoms with Crippen molar-refractivity contribution in [3.63, 3.8) is 0 Å². The Hall–Kier alpha value is -2.39. The van der Waals surface area contributed by atoms with Crippen LogP contribution in [0.25, 0.3) is 0 Å². The number of allylic oxidation sites excluding steroid dienone is 2. The molecule has 0 aromatic heterocycles. The second-order valence-electron chi connectivity index (χ2n) is 6.11. The minimum absolute atomic E-state index is 0.0872. The number of ketones is 2. The van der Waals surface area contributed by atoms with Crippen molar-refractivity contribution in [2.45, 2.75) is 25.6 Å². The van der Waals surface area contributed by atoms with Crippen molar-refractivity contribution in [3.05, 3.63) is 22.5 Å². The number of nitrogens with one attached hydrogen (secondary N) is 1. The molecular weight excluding hydrogens is 316 g/mol. The van der Waals surface area contributed by atoms with Gasteiger partial charge in [-0.3, -0.25) is 14.9 Å². The molecule has 3 rings (SSSR count). The Morgan fingerprint density at radius 3 is 2.67 bits per heavy atom. The van der Waals surface area contributed by atoms with Crippen LogP contribution in [-0.2, 0) is 19.1 Å². The number of Topliss-reactive ketones (excluding diaryl/α,β-unsaturated/α-hetero) is 2. The number of primary amides is 1. The number of carbonyl (C=O) groups is 3.